The van der Waals surface area contributed by atoms with E-state index in [4.69, 9.17) is 0 Å². The van der Waals surface area contributed by atoms with Crippen LogP contribution in [-0.4, -0.2) is 4.57 Å². The topological polar surface area (TPSA) is 4.93 Å². The highest BCUT2D eigenvalue weighted by Crippen LogP contribution is 2.23. The molecule has 0 saturated carbocycles. The number of hydrogen-bond donors (Lipinski definition) is 0. The van der Waals surface area contributed by atoms with Crippen molar-refractivity contribution in [2.45, 2.75) is 6.42 Å². The molecule has 21 heavy (non-hydrogen) atoms. The van der Waals surface area contributed by atoms with E-state index in [1.165, 1.54) is 26.5 Å². The van der Waals surface area contributed by atoms with Crippen LogP contribution in [-0.2, 0) is 13.5 Å². The van der Waals surface area contributed by atoms with Gasteiger partial charge >= 0.3 is 0 Å². The second kappa shape index (κ2) is 6.20. The standard InChI is InChI=1S/C9H8BrN.C9H7Br/c1-11-5-4-7-2-3-8(10)6-9(7)11;10-9-5-4-7-2-1-3-8(7)6-9/h2-6H,1H3;1-2,4-6H,3H2. The Morgan fingerprint density at radius 1 is 0.952 bits per heavy atom. The average Bonchev–Trinajstić information content (AvgIpc) is 3.06. The minimum atomic E-state index is 1.09. The van der Waals surface area contributed by atoms with Gasteiger partial charge in [-0.05, 0) is 53.3 Å². The Labute approximate surface area is 141 Å². The number of aromatic nitrogens is 1. The summed E-state index contributed by atoms with van der Waals surface area (Å²) in [7, 11) is 2.05. The second-order valence-corrected chi connectivity index (χ2v) is 6.91. The summed E-state index contributed by atoms with van der Waals surface area (Å²) in [5.41, 5.74) is 4.05. The lowest BCUT2D eigenvalue weighted by Gasteiger charge is -1.96. The van der Waals surface area contributed by atoms with E-state index in [-0.39, 0.29) is 0 Å². The van der Waals surface area contributed by atoms with Crippen LogP contribution < -0.4 is 0 Å². The maximum atomic E-state index is 3.44. The maximum Gasteiger partial charge on any atom is 0.0488 e. The number of fused-ring (bicyclic) bond motifs is 2. The second-order valence-electron chi connectivity index (χ2n) is 5.08. The molecule has 2 aromatic carbocycles. The summed E-state index contributed by atoms with van der Waals surface area (Å²) in [6.45, 7) is 0. The van der Waals surface area contributed by atoms with Gasteiger partial charge in [-0.2, -0.15) is 0 Å². The Morgan fingerprint density at radius 2 is 1.71 bits per heavy atom. The lowest BCUT2D eigenvalue weighted by molar-refractivity contribution is 0.969. The molecule has 0 aliphatic heterocycles. The Morgan fingerprint density at radius 3 is 2.57 bits per heavy atom. The van der Waals surface area contributed by atoms with Crippen LogP contribution in [0.5, 0.6) is 0 Å². The van der Waals surface area contributed by atoms with Crippen molar-refractivity contribution in [1.29, 1.82) is 0 Å². The van der Waals surface area contributed by atoms with E-state index in [9.17, 15) is 0 Å². The van der Waals surface area contributed by atoms with Crippen molar-refractivity contribution in [2.24, 2.45) is 7.05 Å². The quantitative estimate of drug-likeness (QED) is 0.435. The molecule has 3 heteroatoms. The van der Waals surface area contributed by atoms with Crippen molar-refractivity contribution in [2.75, 3.05) is 0 Å². The lowest BCUT2D eigenvalue weighted by Crippen LogP contribution is -1.82. The zero-order valence-corrected chi connectivity index (χ0v) is 14.9. The number of hydrogen-bond acceptors (Lipinski definition) is 0. The summed E-state index contributed by atoms with van der Waals surface area (Å²) in [6.07, 6.45) is 7.52. The highest BCUT2D eigenvalue weighted by molar-refractivity contribution is 9.10. The first kappa shape index (κ1) is 14.6. The molecule has 3 aromatic rings. The molecule has 4 rings (SSSR count). The summed E-state index contributed by atoms with van der Waals surface area (Å²) < 4.78 is 4.42. The minimum absolute atomic E-state index is 1.09. The Bertz CT molecular complexity index is 815. The molecule has 1 aromatic heterocycles. The average molecular weight is 405 g/mol. The molecule has 0 bridgehead atoms. The lowest BCUT2D eigenvalue weighted by atomic mass is 10.1. The van der Waals surface area contributed by atoms with Gasteiger partial charge in [-0.3, -0.25) is 0 Å². The largest absolute Gasteiger partial charge is 0.351 e. The summed E-state index contributed by atoms with van der Waals surface area (Å²) in [5, 5.41) is 1.29. The maximum absolute atomic E-state index is 3.44. The molecular weight excluding hydrogens is 390 g/mol. The molecular formula is C18H15Br2N. The fraction of sp³-hybridized carbons (Fsp3) is 0.111. The molecule has 1 aliphatic rings. The van der Waals surface area contributed by atoms with Gasteiger partial charge in [0.25, 0.3) is 0 Å². The number of nitrogens with zero attached hydrogens (tertiary/aromatic N) is 1. The first-order valence-electron chi connectivity index (χ1n) is 6.79. The third-order valence-electron chi connectivity index (χ3n) is 3.59. The van der Waals surface area contributed by atoms with Crippen molar-refractivity contribution < 1.29 is 0 Å². The number of rotatable bonds is 0. The van der Waals surface area contributed by atoms with E-state index >= 15 is 0 Å². The molecule has 0 radical (unpaired) electrons. The van der Waals surface area contributed by atoms with Crippen LogP contribution in [0.2, 0.25) is 0 Å². The monoisotopic (exact) mass is 403 g/mol. The SMILES string of the molecule is Brc1ccc2c(c1)CC=C2.Cn1ccc2ccc(Br)cc21. The summed E-state index contributed by atoms with van der Waals surface area (Å²) in [6, 6.07) is 14.8. The fourth-order valence-electron chi connectivity index (χ4n) is 2.46. The van der Waals surface area contributed by atoms with Crippen molar-refractivity contribution in [3.63, 3.8) is 0 Å². The van der Waals surface area contributed by atoms with Crippen LogP contribution in [0.4, 0.5) is 0 Å². The Kier molecular flexibility index (Phi) is 4.32. The molecule has 0 saturated heterocycles. The van der Waals surface area contributed by atoms with Gasteiger partial charge in [0.1, 0.15) is 0 Å². The summed E-state index contributed by atoms with van der Waals surface area (Å²) in [4.78, 5) is 0. The minimum Gasteiger partial charge on any atom is -0.351 e. The van der Waals surface area contributed by atoms with E-state index in [1.807, 2.05) is 0 Å². The van der Waals surface area contributed by atoms with Gasteiger partial charge < -0.3 is 4.57 Å². The van der Waals surface area contributed by atoms with Gasteiger partial charge in [0.2, 0.25) is 0 Å². The zero-order valence-electron chi connectivity index (χ0n) is 11.7. The van der Waals surface area contributed by atoms with Crippen LogP contribution in [0.1, 0.15) is 11.1 Å². The van der Waals surface area contributed by atoms with E-state index < -0.39 is 0 Å². The van der Waals surface area contributed by atoms with Crippen LogP contribution in [0, 0.1) is 0 Å². The van der Waals surface area contributed by atoms with Crippen LogP contribution >= 0.6 is 31.9 Å². The van der Waals surface area contributed by atoms with Gasteiger partial charge in [-0.1, -0.05) is 56.1 Å². The molecule has 0 spiro atoms. The normalized spacial score (nSPS) is 12.1. The first-order valence-corrected chi connectivity index (χ1v) is 8.37. The van der Waals surface area contributed by atoms with Gasteiger partial charge in [-0.15, -0.1) is 0 Å². The van der Waals surface area contributed by atoms with E-state index in [0.717, 1.165) is 10.9 Å². The molecule has 1 aliphatic carbocycles. The van der Waals surface area contributed by atoms with Gasteiger partial charge in [0.05, 0.1) is 0 Å². The van der Waals surface area contributed by atoms with Crippen molar-refractivity contribution >= 4 is 48.8 Å². The predicted octanol–water partition coefficient (Wildman–Crippen LogP) is 5.96. The molecule has 0 atom stereocenters. The molecule has 1 nitrogen and oxygen atoms in total. The number of benzene rings is 2. The van der Waals surface area contributed by atoms with Crippen LogP contribution in [0.15, 0.2) is 63.7 Å². The smallest absolute Gasteiger partial charge is 0.0488 e. The number of allylic oxidation sites excluding steroid dienone is 1. The van der Waals surface area contributed by atoms with Gasteiger partial charge in [0, 0.05) is 27.7 Å². The third kappa shape index (κ3) is 3.30. The zero-order chi connectivity index (χ0) is 14.8. The Hall–Kier alpha value is -1.32. The van der Waals surface area contributed by atoms with E-state index in [0.29, 0.717) is 0 Å². The predicted molar refractivity (Wildman–Crippen MR) is 97.5 cm³/mol. The Balaban J connectivity index is 0.000000126. The van der Waals surface area contributed by atoms with Crippen LogP contribution in [0.25, 0.3) is 17.0 Å². The van der Waals surface area contributed by atoms with Crippen LogP contribution in [0.3, 0.4) is 0 Å². The third-order valence-corrected chi connectivity index (χ3v) is 4.58. The van der Waals surface area contributed by atoms with E-state index in [2.05, 4.69) is 104 Å². The summed E-state index contributed by atoms with van der Waals surface area (Å²) >= 11 is 6.88. The first-order chi connectivity index (χ1) is 10.1. The number of halogens is 2. The molecule has 1 heterocycles. The van der Waals surface area contributed by atoms with Gasteiger partial charge in [-0.25, -0.2) is 0 Å². The van der Waals surface area contributed by atoms with Crippen molar-refractivity contribution in [3.05, 3.63) is 74.8 Å². The highest BCUT2D eigenvalue weighted by Gasteiger charge is 2.03. The highest BCUT2D eigenvalue weighted by atomic mass is 79.9. The van der Waals surface area contributed by atoms with E-state index in [1.54, 1.807) is 0 Å². The summed E-state index contributed by atoms with van der Waals surface area (Å²) in [5.74, 6) is 0. The van der Waals surface area contributed by atoms with Gasteiger partial charge in [0.15, 0.2) is 0 Å². The molecule has 0 fully saturated rings. The fourth-order valence-corrected chi connectivity index (χ4v) is 3.22. The number of aryl methyl sites for hydroxylation is 1. The molecule has 0 unspecified atom stereocenters. The molecule has 106 valence electrons. The van der Waals surface area contributed by atoms with Crippen molar-refractivity contribution in [1.82, 2.24) is 4.57 Å². The van der Waals surface area contributed by atoms with Crippen molar-refractivity contribution in [3.8, 4) is 0 Å². The molecule has 0 amide bonds. The molecule has 0 N–H and O–H groups in total.